The summed E-state index contributed by atoms with van der Waals surface area (Å²) in [6.07, 6.45) is -0.0575. The van der Waals surface area contributed by atoms with Gasteiger partial charge < -0.3 is 29.5 Å². The van der Waals surface area contributed by atoms with Crippen LogP contribution in [0.4, 0.5) is 4.79 Å². The maximum absolute atomic E-state index is 12.9. The minimum Gasteiger partial charge on any atom is -0.467 e. The van der Waals surface area contributed by atoms with Crippen molar-refractivity contribution in [1.82, 2.24) is 10.2 Å². The van der Waals surface area contributed by atoms with Crippen LogP contribution in [0.1, 0.15) is 55.1 Å². The first-order valence-corrected chi connectivity index (χ1v) is 10.2. The highest BCUT2D eigenvalue weighted by Gasteiger charge is 2.31. The van der Waals surface area contributed by atoms with Crippen molar-refractivity contribution in [3.05, 3.63) is 28.8 Å². The van der Waals surface area contributed by atoms with E-state index in [9.17, 15) is 14.7 Å². The largest absolute Gasteiger partial charge is 0.467 e. The number of hydrogen-bond acceptors (Lipinski definition) is 6. The molecule has 2 amide bonds. The number of ether oxygens (including phenoxy) is 3. The smallest absolute Gasteiger partial charge is 0.410 e. The summed E-state index contributed by atoms with van der Waals surface area (Å²) in [5.41, 5.74) is 1.49. The van der Waals surface area contributed by atoms with Gasteiger partial charge in [0.05, 0.1) is 12.1 Å². The Hall–Kier alpha value is -2.32. The Labute approximate surface area is 178 Å². The molecule has 1 aromatic carbocycles. The molecule has 0 spiro atoms. The van der Waals surface area contributed by atoms with Gasteiger partial charge in [-0.15, -0.1) is 0 Å². The standard InChI is InChI=1S/C22H34N2O6/c1-14-10-16(11-15(2)19(14)29-13-28-6)20(26)23-17-12-24(9-7-8-18(17)25)21(27)30-22(3,4)5/h10-11,17-18,25H,7-9,12-13H2,1-6H3,(H,23,26)/t17-,18-/m1/s1. The maximum Gasteiger partial charge on any atom is 0.410 e. The van der Waals surface area contributed by atoms with E-state index < -0.39 is 23.8 Å². The van der Waals surface area contributed by atoms with Crippen LogP contribution in [0.5, 0.6) is 5.75 Å². The molecule has 0 radical (unpaired) electrons. The third kappa shape index (κ3) is 6.60. The number of methoxy groups -OCH3 is 1. The summed E-state index contributed by atoms with van der Waals surface area (Å²) >= 11 is 0. The van der Waals surface area contributed by atoms with E-state index in [1.165, 1.54) is 0 Å². The lowest BCUT2D eigenvalue weighted by molar-refractivity contribution is 0.0223. The van der Waals surface area contributed by atoms with E-state index in [0.717, 1.165) is 11.1 Å². The summed E-state index contributed by atoms with van der Waals surface area (Å²) in [6, 6.07) is 2.89. The fraction of sp³-hybridized carbons (Fsp3) is 0.636. The lowest BCUT2D eigenvalue weighted by Gasteiger charge is -2.29. The van der Waals surface area contributed by atoms with Gasteiger partial charge in [0.1, 0.15) is 11.4 Å². The number of aliphatic hydroxyl groups excluding tert-OH is 1. The molecule has 1 heterocycles. The molecule has 30 heavy (non-hydrogen) atoms. The number of aryl methyl sites for hydroxylation is 2. The van der Waals surface area contributed by atoms with Crippen molar-refractivity contribution in [3.63, 3.8) is 0 Å². The van der Waals surface area contributed by atoms with Crippen molar-refractivity contribution in [2.45, 2.75) is 65.2 Å². The van der Waals surface area contributed by atoms with E-state index in [1.54, 1.807) is 24.1 Å². The van der Waals surface area contributed by atoms with E-state index in [-0.39, 0.29) is 19.2 Å². The lowest BCUT2D eigenvalue weighted by atomic mass is 10.0. The molecule has 1 saturated heterocycles. The highest BCUT2D eigenvalue weighted by atomic mass is 16.7. The second-order valence-electron chi connectivity index (χ2n) is 8.71. The van der Waals surface area contributed by atoms with Gasteiger partial charge in [0.15, 0.2) is 6.79 Å². The normalized spacial score (nSPS) is 19.8. The Morgan fingerprint density at radius 3 is 2.43 bits per heavy atom. The Kier molecular flexibility index (Phi) is 8.09. The summed E-state index contributed by atoms with van der Waals surface area (Å²) < 4.78 is 16.0. The number of hydrogen-bond donors (Lipinski definition) is 2. The van der Waals surface area contributed by atoms with Gasteiger partial charge in [-0.3, -0.25) is 4.79 Å². The molecular weight excluding hydrogens is 388 g/mol. The fourth-order valence-electron chi connectivity index (χ4n) is 3.46. The van der Waals surface area contributed by atoms with Crippen LogP contribution in [0.25, 0.3) is 0 Å². The first-order valence-electron chi connectivity index (χ1n) is 10.2. The molecule has 0 bridgehead atoms. The lowest BCUT2D eigenvalue weighted by Crippen LogP contribution is -2.50. The molecule has 1 aliphatic heterocycles. The third-order valence-corrected chi connectivity index (χ3v) is 4.82. The topological polar surface area (TPSA) is 97.3 Å². The van der Waals surface area contributed by atoms with Gasteiger partial charge in [-0.05, 0) is 70.7 Å². The molecule has 2 N–H and O–H groups in total. The zero-order chi connectivity index (χ0) is 22.5. The van der Waals surface area contributed by atoms with Gasteiger partial charge in [0.25, 0.3) is 5.91 Å². The number of amides is 2. The van der Waals surface area contributed by atoms with Crippen molar-refractivity contribution in [2.24, 2.45) is 0 Å². The zero-order valence-corrected chi connectivity index (χ0v) is 18.8. The summed E-state index contributed by atoms with van der Waals surface area (Å²) in [7, 11) is 1.55. The van der Waals surface area contributed by atoms with E-state index in [2.05, 4.69) is 5.32 Å². The Morgan fingerprint density at radius 1 is 1.23 bits per heavy atom. The van der Waals surface area contributed by atoms with Crippen LogP contribution in [-0.2, 0) is 9.47 Å². The molecule has 2 atom stereocenters. The van der Waals surface area contributed by atoms with E-state index in [4.69, 9.17) is 14.2 Å². The highest BCUT2D eigenvalue weighted by molar-refractivity contribution is 5.95. The molecule has 0 unspecified atom stereocenters. The summed E-state index contributed by atoms with van der Waals surface area (Å²) in [5, 5.41) is 13.4. The molecule has 1 aromatic rings. The van der Waals surface area contributed by atoms with Gasteiger partial charge in [-0.1, -0.05) is 0 Å². The molecular formula is C22H34N2O6. The van der Waals surface area contributed by atoms with Crippen molar-refractivity contribution in [1.29, 1.82) is 0 Å². The van der Waals surface area contributed by atoms with Gasteiger partial charge in [-0.25, -0.2) is 4.79 Å². The number of likely N-dealkylation sites (tertiary alicyclic amines) is 1. The molecule has 168 valence electrons. The highest BCUT2D eigenvalue weighted by Crippen LogP contribution is 2.25. The van der Waals surface area contributed by atoms with Crippen molar-refractivity contribution in [3.8, 4) is 5.75 Å². The molecule has 0 saturated carbocycles. The number of carbonyl (C=O) groups is 2. The van der Waals surface area contributed by atoms with Crippen molar-refractivity contribution >= 4 is 12.0 Å². The van der Waals surface area contributed by atoms with Crippen LogP contribution in [0.3, 0.4) is 0 Å². The van der Waals surface area contributed by atoms with Crippen LogP contribution >= 0.6 is 0 Å². The maximum atomic E-state index is 12.9. The third-order valence-electron chi connectivity index (χ3n) is 4.82. The average molecular weight is 423 g/mol. The number of nitrogens with one attached hydrogen (secondary N) is 1. The van der Waals surface area contributed by atoms with E-state index in [0.29, 0.717) is 30.7 Å². The van der Waals surface area contributed by atoms with Crippen LogP contribution in [0.15, 0.2) is 12.1 Å². The number of nitrogens with zero attached hydrogens (tertiary/aromatic N) is 1. The van der Waals surface area contributed by atoms with Gasteiger partial charge >= 0.3 is 6.09 Å². The first-order chi connectivity index (χ1) is 14.0. The molecule has 0 aromatic heterocycles. The quantitative estimate of drug-likeness (QED) is 0.708. The first kappa shape index (κ1) is 24.0. The molecule has 2 rings (SSSR count). The number of rotatable bonds is 5. The van der Waals surface area contributed by atoms with E-state index in [1.807, 2.05) is 34.6 Å². The van der Waals surface area contributed by atoms with Crippen LogP contribution in [0, 0.1) is 13.8 Å². The van der Waals surface area contributed by atoms with Crippen molar-refractivity contribution in [2.75, 3.05) is 27.0 Å². The second-order valence-corrected chi connectivity index (χ2v) is 8.71. The van der Waals surface area contributed by atoms with Crippen LogP contribution < -0.4 is 10.1 Å². The fourth-order valence-corrected chi connectivity index (χ4v) is 3.46. The molecule has 8 nitrogen and oxygen atoms in total. The Bertz CT molecular complexity index is 735. The molecule has 1 fully saturated rings. The van der Waals surface area contributed by atoms with Gasteiger partial charge in [-0.2, -0.15) is 0 Å². The molecule has 0 aliphatic carbocycles. The minimum absolute atomic E-state index is 0.127. The van der Waals surface area contributed by atoms with Gasteiger partial charge in [0.2, 0.25) is 0 Å². The SMILES string of the molecule is COCOc1c(C)cc(C(=O)N[C@@H]2CN(C(=O)OC(C)(C)C)CCC[C@H]2O)cc1C. The van der Waals surface area contributed by atoms with Crippen LogP contribution in [0.2, 0.25) is 0 Å². The Morgan fingerprint density at radius 2 is 1.87 bits per heavy atom. The molecule has 8 heteroatoms. The summed E-state index contributed by atoms with van der Waals surface area (Å²) in [5.74, 6) is 0.369. The average Bonchev–Trinajstić information content (AvgIpc) is 2.81. The minimum atomic E-state index is -0.743. The van der Waals surface area contributed by atoms with Crippen LogP contribution in [-0.4, -0.2) is 66.7 Å². The summed E-state index contributed by atoms with van der Waals surface area (Å²) in [6.45, 7) is 9.93. The number of carbonyl (C=O) groups excluding carboxylic acids is 2. The predicted octanol–water partition coefficient (Wildman–Crippen LogP) is 2.78. The van der Waals surface area contributed by atoms with Gasteiger partial charge in [0, 0.05) is 25.8 Å². The summed E-state index contributed by atoms with van der Waals surface area (Å²) in [4.78, 5) is 26.9. The Balaban J connectivity index is 2.12. The number of benzene rings is 1. The van der Waals surface area contributed by atoms with Crippen molar-refractivity contribution < 1.29 is 28.9 Å². The predicted molar refractivity (Wildman–Crippen MR) is 113 cm³/mol. The molecule has 1 aliphatic rings. The second kappa shape index (κ2) is 10.1. The number of aliphatic hydroxyl groups is 1. The zero-order valence-electron chi connectivity index (χ0n) is 18.8. The van der Waals surface area contributed by atoms with E-state index >= 15 is 0 Å². The monoisotopic (exact) mass is 422 g/mol.